The first-order valence-electron chi connectivity index (χ1n) is 11.7. The molecule has 0 spiro atoms. The summed E-state index contributed by atoms with van der Waals surface area (Å²) < 4.78 is 22.4. The molecule has 0 unspecified atom stereocenters. The monoisotopic (exact) mass is 470 g/mol. The van der Waals surface area contributed by atoms with Crippen LogP contribution in [0.4, 0.5) is 4.39 Å². The van der Waals surface area contributed by atoms with E-state index in [1.54, 1.807) is 6.08 Å². The van der Waals surface area contributed by atoms with Crippen LogP contribution >= 0.6 is 0 Å². The van der Waals surface area contributed by atoms with Gasteiger partial charge in [-0.3, -0.25) is 0 Å². The van der Waals surface area contributed by atoms with Crippen molar-refractivity contribution in [1.29, 1.82) is 0 Å². The van der Waals surface area contributed by atoms with Crippen LogP contribution < -0.4 is 10.4 Å². The first kappa shape index (κ1) is 25.1. The molecule has 2 nitrogen and oxygen atoms in total. The smallest absolute Gasteiger partial charge is 0.262 e. The fourth-order valence-electron chi connectivity index (χ4n) is 4.84. The van der Waals surface area contributed by atoms with Gasteiger partial charge in [-0.25, -0.2) is 4.39 Å². The van der Waals surface area contributed by atoms with Crippen LogP contribution in [0.1, 0.15) is 47.5 Å². The average molecular weight is 471 g/mol. The van der Waals surface area contributed by atoms with Gasteiger partial charge >= 0.3 is 0 Å². The molecule has 1 N–H and O–H groups in total. The second-order valence-electron chi connectivity index (χ2n) is 11.5. The predicted molar refractivity (Wildman–Crippen MR) is 138 cm³/mol. The van der Waals surface area contributed by atoms with Crippen molar-refractivity contribution in [2.24, 2.45) is 5.92 Å². The molecule has 1 aliphatic rings. The Bertz CT molecular complexity index is 888. The van der Waals surface area contributed by atoms with E-state index in [0.29, 0.717) is 6.42 Å². The molecular formula is C27H39FO2Si2. The summed E-state index contributed by atoms with van der Waals surface area (Å²) in [7, 11) is -5.16. The van der Waals surface area contributed by atoms with Crippen molar-refractivity contribution in [3.8, 4) is 0 Å². The zero-order valence-corrected chi connectivity index (χ0v) is 22.7. The van der Waals surface area contributed by atoms with E-state index in [4.69, 9.17) is 4.43 Å². The number of benzene rings is 2. The van der Waals surface area contributed by atoms with Gasteiger partial charge in [0.25, 0.3) is 8.32 Å². The Balaban J connectivity index is 1.99. The van der Waals surface area contributed by atoms with Crippen LogP contribution in [-0.2, 0) is 4.43 Å². The second-order valence-corrected chi connectivity index (χ2v) is 20.2. The highest BCUT2D eigenvalue weighted by atomic mass is 28.4. The van der Waals surface area contributed by atoms with E-state index in [9.17, 15) is 4.80 Å². The molecule has 0 aliphatic heterocycles. The third kappa shape index (κ3) is 4.86. The maximum Gasteiger partial charge on any atom is 0.262 e. The van der Waals surface area contributed by atoms with Gasteiger partial charge in [0.05, 0.1) is 6.10 Å². The predicted octanol–water partition coefficient (Wildman–Crippen LogP) is 6.17. The molecule has 2 aromatic carbocycles. The minimum Gasteiger partial charge on any atom is -0.432 e. The zero-order valence-electron chi connectivity index (χ0n) is 20.7. The van der Waals surface area contributed by atoms with Crippen molar-refractivity contribution in [2.75, 3.05) is 0 Å². The van der Waals surface area contributed by atoms with E-state index >= 15 is 4.39 Å². The molecule has 5 heteroatoms. The molecular weight excluding hydrogens is 431 g/mol. The fraction of sp³-hybridized carbons (Fsp3) is 0.481. The second kappa shape index (κ2) is 9.01. The van der Waals surface area contributed by atoms with Crippen LogP contribution in [0.3, 0.4) is 0 Å². The zero-order chi connectivity index (χ0) is 23.8. The lowest BCUT2D eigenvalue weighted by molar-refractivity contribution is 0.184. The molecule has 0 radical (unpaired) electrons. The molecule has 0 saturated carbocycles. The van der Waals surface area contributed by atoms with Crippen LogP contribution in [0.25, 0.3) is 0 Å². The van der Waals surface area contributed by atoms with E-state index in [0.717, 1.165) is 6.42 Å². The number of allylic oxidation sites excluding steroid dienone is 1. The number of hydrogen-bond acceptors (Lipinski definition) is 2. The van der Waals surface area contributed by atoms with Crippen molar-refractivity contribution >= 4 is 27.0 Å². The van der Waals surface area contributed by atoms with Crippen molar-refractivity contribution in [3.63, 3.8) is 0 Å². The fourth-order valence-corrected chi connectivity index (χ4v) is 10.3. The normalized spacial score (nSPS) is 20.3. The molecule has 32 heavy (non-hydrogen) atoms. The summed E-state index contributed by atoms with van der Waals surface area (Å²) in [6.07, 6.45) is 2.61. The van der Waals surface area contributed by atoms with Gasteiger partial charge in [0.1, 0.15) is 5.83 Å². The number of halogens is 1. The summed E-state index contributed by atoms with van der Waals surface area (Å²) >= 11 is 0. The van der Waals surface area contributed by atoms with Gasteiger partial charge in [-0.2, -0.15) is 0 Å². The van der Waals surface area contributed by atoms with Crippen LogP contribution in [0.15, 0.2) is 72.6 Å². The Morgan fingerprint density at radius 3 is 1.78 bits per heavy atom. The van der Waals surface area contributed by atoms with Gasteiger partial charge in [-0.15, -0.1) is 0 Å². The molecule has 0 aromatic heterocycles. The lowest BCUT2D eigenvalue weighted by Gasteiger charge is -2.44. The molecule has 0 fully saturated rings. The maximum absolute atomic E-state index is 15.4. The van der Waals surface area contributed by atoms with Crippen LogP contribution in [0.2, 0.25) is 23.2 Å². The van der Waals surface area contributed by atoms with E-state index in [1.807, 2.05) is 25.2 Å². The molecule has 0 amide bonds. The van der Waals surface area contributed by atoms with Crippen LogP contribution in [0.5, 0.6) is 0 Å². The van der Waals surface area contributed by atoms with E-state index < -0.39 is 22.7 Å². The molecule has 3 rings (SSSR count). The van der Waals surface area contributed by atoms with Gasteiger partial charge in [0.2, 0.25) is 0 Å². The Hall–Kier alpha value is -1.54. The van der Waals surface area contributed by atoms with Crippen LogP contribution in [0, 0.1) is 5.92 Å². The minimum absolute atomic E-state index is 0.0761. The molecule has 0 heterocycles. The third-order valence-electron chi connectivity index (χ3n) is 7.38. The van der Waals surface area contributed by atoms with Gasteiger partial charge in [-0.1, -0.05) is 95.3 Å². The molecule has 0 saturated heterocycles. The summed E-state index contributed by atoms with van der Waals surface area (Å²) in [5, 5.41) is 1.95. The summed E-state index contributed by atoms with van der Waals surface area (Å²) in [5.74, 6) is -0.0802. The van der Waals surface area contributed by atoms with Crippen molar-refractivity contribution in [2.45, 2.75) is 76.7 Å². The number of rotatable bonds is 7. The van der Waals surface area contributed by atoms with E-state index in [2.05, 4.69) is 83.1 Å². The lowest BCUT2D eigenvalue weighted by Crippen LogP contribution is -2.67. The van der Waals surface area contributed by atoms with Crippen molar-refractivity contribution in [3.05, 3.63) is 72.6 Å². The summed E-state index contributed by atoms with van der Waals surface area (Å²) in [6, 6.07) is 20.8. The highest BCUT2D eigenvalue weighted by Gasteiger charge is 2.53. The largest absolute Gasteiger partial charge is 0.432 e. The Morgan fingerprint density at radius 1 is 0.906 bits per heavy atom. The summed E-state index contributed by atoms with van der Waals surface area (Å²) in [5.41, 5.74) is 0. The highest BCUT2D eigenvalue weighted by molar-refractivity contribution is 6.99. The highest BCUT2D eigenvalue weighted by Crippen LogP contribution is 2.47. The summed E-state index contributed by atoms with van der Waals surface area (Å²) in [4.78, 5) is 10.7. The standard InChI is InChI=1S/C27H39FO2Si2/c1-26(2,3)32(22-14-10-8-11-15-22,23-16-12-9-13-17-23)30-25-19-21(18-24(25)28)20-27(4,5)31(6,7)29/h8-18,21,25,29H,19-20H2,1-7H3/t21-,25-/m1/s1. The summed E-state index contributed by atoms with van der Waals surface area (Å²) in [6.45, 7) is 14.8. The van der Waals surface area contributed by atoms with Gasteiger partial charge < -0.3 is 9.22 Å². The average Bonchev–Trinajstić information content (AvgIpc) is 3.03. The Labute approximate surface area is 195 Å². The van der Waals surface area contributed by atoms with Crippen molar-refractivity contribution in [1.82, 2.24) is 0 Å². The third-order valence-corrected chi connectivity index (χ3v) is 15.9. The van der Waals surface area contributed by atoms with Gasteiger partial charge in [0, 0.05) is 0 Å². The molecule has 174 valence electrons. The van der Waals surface area contributed by atoms with E-state index in [1.165, 1.54) is 10.4 Å². The number of hydrogen-bond donors (Lipinski definition) is 1. The Kier molecular flexibility index (Phi) is 7.07. The van der Waals surface area contributed by atoms with Crippen LogP contribution in [-0.4, -0.2) is 27.5 Å². The quantitative estimate of drug-likeness (QED) is 0.490. The van der Waals surface area contributed by atoms with Gasteiger partial charge in [-0.05, 0) is 58.4 Å². The Morgan fingerprint density at radius 2 is 1.38 bits per heavy atom. The minimum atomic E-state index is -2.80. The first-order chi connectivity index (χ1) is 14.8. The van der Waals surface area contributed by atoms with Crippen molar-refractivity contribution < 1.29 is 13.6 Å². The SMILES string of the molecule is CC(C)(C[C@@H]1C=C(F)[C@H](O[Si](c2ccccc2)(c2ccccc2)C(C)(C)C)C1)[Si](C)(C)O. The molecule has 0 bridgehead atoms. The van der Waals surface area contributed by atoms with Gasteiger partial charge in [0.15, 0.2) is 8.32 Å². The van der Waals surface area contributed by atoms with E-state index in [-0.39, 0.29) is 21.8 Å². The molecule has 2 atom stereocenters. The lowest BCUT2D eigenvalue weighted by atomic mass is 9.95. The maximum atomic E-state index is 15.4. The topological polar surface area (TPSA) is 29.5 Å². The molecule has 2 aromatic rings. The first-order valence-corrected chi connectivity index (χ1v) is 16.5. The molecule has 1 aliphatic carbocycles.